The number of piperidine rings is 1. The van der Waals surface area contributed by atoms with Gasteiger partial charge in [0.05, 0.1) is 36.4 Å². The number of benzene rings is 2. The van der Waals surface area contributed by atoms with Crippen molar-refractivity contribution in [3.8, 4) is 18.1 Å². The fraction of sp³-hybridized carbons (Fsp3) is 0.258. The summed E-state index contributed by atoms with van der Waals surface area (Å²) in [7, 11) is 1.44. The minimum atomic E-state index is -0.825. The molecule has 1 aromatic heterocycles. The van der Waals surface area contributed by atoms with E-state index >= 15 is 4.39 Å². The predicted molar refractivity (Wildman–Crippen MR) is 155 cm³/mol. The van der Waals surface area contributed by atoms with Gasteiger partial charge in [0.2, 0.25) is 0 Å². The molecule has 2 amide bonds. The fourth-order valence-electron chi connectivity index (χ4n) is 4.50. The quantitative estimate of drug-likeness (QED) is 0.159. The number of nitrogens with one attached hydrogen (secondary N) is 3. The van der Waals surface area contributed by atoms with Gasteiger partial charge in [-0.3, -0.25) is 19.8 Å². The number of esters is 1. The van der Waals surface area contributed by atoms with Crippen molar-refractivity contribution >= 4 is 35.1 Å². The SMILES string of the molecule is C#Cc1ccc(NC(=O)c2cc(OC)ccc2NC(=O)c2ccc(C(=N)N3CCC(C(=O)OCC)CC3)cc2F)nc1. The molecule has 4 rings (SSSR count). The van der Waals surface area contributed by atoms with Gasteiger partial charge in [0, 0.05) is 30.4 Å². The largest absolute Gasteiger partial charge is 0.497 e. The summed E-state index contributed by atoms with van der Waals surface area (Å²) in [5, 5.41) is 13.8. The third-order valence-electron chi connectivity index (χ3n) is 6.81. The summed E-state index contributed by atoms with van der Waals surface area (Å²) in [6, 6.07) is 11.5. The highest BCUT2D eigenvalue weighted by Gasteiger charge is 2.28. The number of likely N-dealkylation sites (tertiary alicyclic amines) is 1. The summed E-state index contributed by atoms with van der Waals surface area (Å²) in [6.07, 6.45) is 7.85. The van der Waals surface area contributed by atoms with Crippen LogP contribution in [0.15, 0.2) is 54.7 Å². The molecule has 1 aliphatic heterocycles. The van der Waals surface area contributed by atoms with Crippen LogP contribution in [0.1, 0.15) is 51.6 Å². The van der Waals surface area contributed by atoms with E-state index in [1.807, 2.05) is 0 Å². The zero-order valence-corrected chi connectivity index (χ0v) is 23.2. The normalized spacial score (nSPS) is 13.0. The first kappa shape index (κ1) is 29.7. The van der Waals surface area contributed by atoms with E-state index < -0.39 is 17.6 Å². The third kappa shape index (κ3) is 6.90. The van der Waals surface area contributed by atoms with E-state index in [1.165, 1.54) is 37.6 Å². The van der Waals surface area contributed by atoms with Crippen molar-refractivity contribution in [3.05, 3.63) is 82.8 Å². The number of terminal acetylenes is 1. The number of halogens is 1. The van der Waals surface area contributed by atoms with Crippen LogP contribution < -0.4 is 15.4 Å². The van der Waals surface area contributed by atoms with E-state index in [9.17, 15) is 14.4 Å². The van der Waals surface area contributed by atoms with Gasteiger partial charge >= 0.3 is 5.97 Å². The Bertz CT molecular complexity index is 1540. The maximum atomic E-state index is 15.2. The molecule has 1 saturated heterocycles. The summed E-state index contributed by atoms with van der Waals surface area (Å²) >= 11 is 0. The van der Waals surface area contributed by atoms with Crippen LogP contribution in [0.5, 0.6) is 5.75 Å². The Hall–Kier alpha value is -5.24. The van der Waals surface area contributed by atoms with E-state index in [-0.39, 0.29) is 40.4 Å². The van der Waals surface area contributed by atoms with Crippen molar-refractivity contribution in [1.29, 1.82) is 5.41 Å². The lowest BCUT2D eigenvalue weighted by Gasteiger charge is -2.32. The van der Waals surface area contributed by atoms with Gasteiger partial charge in [-0.1, -0.05) is 12.0 Å². The van der Waals surface area contributed by atoms with Crippen molar-refractivity contribution in [2.75, 3.05) is 37.4 Å². The number of carbonyl (C=O) groups excluding carboxylic acids is 3. The van der Waals surface area contributed by atoms with E-state index in [0.29, 0.717) is 49.4 Å². The Morgan fingerprint density at radius 2 is 1.81 bits per heavy atom. The Morgan fingerprint density at radius 3 is 2.43 bits per heavy atom. The van der Waals surface area contributed by atoms with Crippen molar-refractivity contribution in [3.63, 3.8) is 0 Å². The number of rotatable bonds is 8. The number of pyridine rings is 1. The molecule has 3 N–H and O–H groups in total. The second kappa shape index (κ2) is 13.4. The minimum Gasteiger partial charge on any atom is -0.497 e. The van der Waals surface area contributed by atoms with E-state index in [4.69, 9.17) is 21.3 Å². The van der Waals surface area contributed by atoms with Gasteiger partial charge in [0.1, 0.15) is 23.2 Å². The highest BCUT2D eigenvalue weighted by molar-refractivity contribution is 6.12. The molecule has 42 heavy (non-hydrogen) atoms. The van der Waals surface area contributed by atoms with Crippen LogP contribution in [-0.2, 0) is 9.53 Å². The molecule has 0 spiro atoms. The summed E-state index contributed by atoms with van der Waals surface area (Å²) < 4.78 is 25.5. The first-order valence-corrected chi connectivity index (χ1v) is 13.3. The molecule has 2 heterocycles. The predicted octanol–water partition coefficient (Wildman–Crippen LogP) is 4.32. The van der Waals surface area contributed by atoms with Crippen LogP contribution in [0.3, 0.4) is 0 Å². The van der Waals surface area contributed by atoms with E-state index in [2.05, 4.69) is 21.5 Å². The number of aromatic nitrogens is 1. The maximum Gasteiger partial charge on any atom is 0.309 e. The summed E-state index contributed by atoms with van der Waals surface area (Å²) in [5.41, 5.74) is 0.770. The number of hydrogen-bond acceptors (Lipinski definition) is 7. The summed E-state index contributed by atoms with van der Waals surface area (Å²) in [4.78, 5) is 44.0. The lowest BCUT2D eigenvalue weighted by Crippen LogP contribution is -2.40. The Kier molecular flexibility index (Phi) is 9.50. The number of methoxy groups -OCH3 is 1. The number of hydrogen-bond donors (Lipinski definition) is 3. The van der Waals surface area contributed by atoms with Gasteiger partial charge < -0.3 is 25.0 Å². The highest BCUT2D eigenvalue weighted by atomic mass is 19.1. The van der Waals surface area contributed by atoms with Crippen LogP contribution in [0.4, 0.5) is 15.9 Å². The van der Waals surface area contributed by atoms with Crippen LogP contribution in [0.25, 0.3) is 0 Å². The highest BCUT2D eigenvalue weighted by Crippen LogP contribution is 2.25. The minimum absolute atomic E-state index is 0.0653. The monoisotopic (exact) mass is 571 g/mol. The lowest BCUT2D eigenvalue weighted by molar-refractivity contribution is -0.149. The van der Waals surface area contributed by atoms with Crippen LogP contribution in [-0.4, -0.2) is 60.3 Å². The molecule has 0 bridgehead atoms. The molecule has 0 atom stereocenters. The Balaban J connectivity index is 1.46. The van der Waals surface area contributed by atoms with Gasteiger partial charge in [-0.25, -0.2) is 9.37 Å². The number of ether oxygens (including phenoxy) is 2. The first-order valence-electron chi connectivity index (χ1n) is 13.3. The van der Waals surface area contributed by atoms with Gasteiger partial charge in [-0.2, -0.15) is 0 Å². The van der Waals surface area contributed by atoms with Crippen molar-refractivity contribution in [2.24, 2.45) is 5.92 Å². The topological polar surface area (TPSA) is 134 Å². The van der Waals surface area contributed by atoms with Crippen molar-refractivity contribution < 1.29 is 28.2 Å². The second-order valence-electron chi connectivity index (χ2n) is 9.45. The van der Waals surface area contributed by atoms with Crippen LogP contribution in [0.2, 0.25) is 0 Å². The zero-order chi connectivity index (χ0) is 30.2. The van der Waals surface area contributed by atoms with Crippen LogP contribution >= 0.6 is 0 Å². The molecule has 1 fully saturated rings. The van der Waals surface area contributed by atoms with Gasteiger partial charge in [0.15, 0.2) is 0 Å². The molecule has 1 aliphatic rings. The lowest BCUT2D eigenvalue weighted by atomic mass is 9.96. The van der Waals surface area contributed by atoms with Crippen LogP contribution in [0, 0.1) is 29.5 Å². The van der Waals surface area contributed by atoms with Crippen molar-refractivity contribution in [2.45, 2.75) is 19.8 Å². The molecular weight excluding hydrogens is 541 g/mol. The number of anilines is 2. The number of nitrogens with zero attached hydrogens (tertiary/aromatic N) is 2. The van der Waals surface area contributed by atoms with E-state index in [0.717, 1.165) is 6.07 Å². The first-order chi connectivity index (χ1) is 20.2. The van der Waals surface area contributed by atoms with Gasteiger partial charge in [0.25, 0.3) is 11.8 Å². The molecule has 0 saturated carbocycles. The summed E-state index contributed by atoms with van der Waals surface area (Å²) in [6.45, 7) is 2.99. The average molecular weight is 572 g/mol. The smallest absolute Gasteiger partial charge is 0.309 e. The molecule has 11 heteroatoms. The number of amidine groups is 1. The molecular formula is C31H30FN5O5. The molecule has 2 aromatic carbocycles. The maximum absolute atomic E-state index is 15.2. The number of amides is 2. The van der Waals surface area contributed by atoms with Gasteiger partial charge in [-0.05, 0) is 62.2 Å². The van der Waals surface area contributed by atoms with E-state index in [1.54, 1.807) is 30.0 Å². The number of carbonyl (C=O) groups is 3. The fourth-order valence-corrected chi connectivity index (χ4v) is 4.50. The molecule has 216 valence electrons. The Morgan fingerprint density at radius 1 is 1.07 bits per heavy atom. The standard InChI is InChI=1S/C31H30FN5O5/c1-4-19-6-11-27(34-18-19)36-30(39)24-17-22(41-3)8-10-26(24)35-29(38)23-9-7-21(16-25(23)32)28(33)37-14-12-20(13-15-37)31(40)42-5-2/h1,6-11,16-18,20,33H,5,12-15H2,2-3H3,(H,35,38)(H,34,36,39). The third-order valence-corrected chi connectivity index (χ3v) is 6.81. The Labute approximate surface area is 242 Å². The molecule has 0 radical (unpaired) electrons. The molecule has 3 aromatic rings. The molecule has 0 unspecified atom stereocenters. The molecule has 10 nitrogen and oxygen atoms in total. The zero-order valence-electron chi connectivity index (χ0n) is 23.2. The molecule has 0 aliphatic carbocycles. The average Bonchev–Trinajstić information content (AvgIpc) is 3.01. The van der Waals surface area contributed by atoms with Crippen molar-refractivity contribution in [1.82, 2.24) is 9.88 Å². The summed E-state index contributed by atoms with van der Waals surface area (Å²) in [5.74, 6) is 0.510. The van der Waals surface area contributed by atoms with Gasteiger partial charge in [-0.15, -0.1) is 6.42 Å². The second-order valence-corrected chi connectivity index (χ2v) is 9.45.